The zero-order valence-corrected chi connectivity index (χ0v) is 9.09. The SMILES string of the molecule is CC(C)N(C(=O)CC#N)C(C)(C)C. The van der Waals surface area contributed by atoms with Crippen molar-refractivity contribution in [1.29, 1.82) is 5.26 Å². The third-order valence-corrected chi connectivity index (χ3v) is 1.74. The van der Waals surface area contributed by atoms with Crippen molar-refractivity contribution in [3.8, 4) is 6.07 Å². The van der Waals surface area contributed by atoms with Gasteiger partial charge in [0.15, 0.2) is 0 Å². The molecule has 0 aliphatic carbocycles. The summed E-state index contributed by atoms with van der Waals surface area (Å²) in [5.41, 5.74) is -0.206. The molecule has 0 atom stereocenters. The van der Waals surface area contributed by atoms with Crippen LogP contribution in [0.1, 0.15) is 41.0 Å². The van der Waals surface area contributed by atoms with E-state index in [0.29, 0.717) is 0 Å². The van der Waals surface area contributed by atoms with Gasteiger partial charge in [0.25, 0.3) is 0 Å². The second-order valence-electron chi connectivity index (χ2n) is 4.36. The van der Waals surface area contributed by atoms with Gasteiger partial charge >= 0.3 is 0 Å². The number of amides is 1. The molecular weight excluding hydrogens is 164 g/mol. The summed E-state index contributed by atoms with van der Waals surface area (Å²) >= 11 is 0. The van der Waals surface area contributed by atoms with Gasteiger partial charge in [0.1, 0.15) is 6.42 Å². The molecule has 0 aliphatic heterocycles. The molecular formula is C10H18N2O. The third-order valence-electron chi connectivity index (χ3n) is 1.74. The van der Waals surface area contributed by atoms with Crippen molar-refractivity contribution >= 4 is 5.91 Å². The minimum absolute atomic E-state index is 0.0323. The van der Waals surface area contributed by atoms with E-state index in [1.807, 2.05) is 40.7 Å². The fourth-order valence-corrected chi connectivity index (χ4v) is 1.59. The van der Waals surface area contributed by atoms with E-state index in [1.165, 1.54) is 0 Å². The number of hydrogen-bond donors (Lipinski definition) is 0. The van der Waals surface area contributed by atoms with Gasteiger partial charge in [0, 0.05) is 11.6 Å². The molecule has 0 saturated heterocycles. The summed E-state index contributed by atoms with van der Waals surface area (Å²) in [7, 11) is 0. The monoisotopic (exact) mass is 182 g/mol. The number of rotatable bonds is 2. The average Bonchev–Trinajstić information content (AvgIpc) is 1.82. The molecule has 0 aromatic carbocycles. The summed E-state index contributed by atoms with van der Waals surface area (Å²) in [5.74, 6) is -0.0926. The van der Waals surface area contributed by atoms with Crippen LogP contribution in [0.15, 0.2) is 0 Å². The van der Waals surface area contributed by atoms with Crippen LogP contribution in [0.4, 0.5) is 0 Å². The Bertz CT molecular complexity index is 220. The van der Waals surface area contributed by atoms with Gasteiger partial charge in [0.2, 0.25) is 5.91 Å². The minimum atomic E-state index is -0.206. The Hall–Kier alpha value is -1.04. The lowest BCUT2D eigenvalue weighted by Crippen LogP contribution is -2.49. The predicted octanol–water partition coefficient (Wildman–Crippen LogP) is 1.94. The molecule has 0 aromatic rings. The standard InChI is InChI=1S/C10H18N2O/c1-8(2)12(10(3,4)5)9(13)6-7-11/h8H,6H2,1-5H3. The van der Waals surface area contributed by atoms with Gasteiger partial charge in [-0.25, -0.2) is 0 Å². The maximum Gasteiger partial charge on any atom is 0.237 e. The van der Waals surface area contributed by atoms with Crippen LogP contribution in [0.2, 0.25) is 0 Å². The van der Waals surface area contributed by atoms with E-state index in [0.717, 1.165) is 0 Å². The van der Waals surface area contributed by atoms with Crippen molar-refractivity contribution in [2.45, 2.75) is 52.6 Å². The summed E-state index contributed by atoms with van der Waals surface area (Å²) in [6, 6.07) is 2.02. The van der Waals surface area contributed by atoms with E-state index in [9.17, 15) is 4.79 Å². The average molecular weight is 182 g/mol. The Balaban J connectivity index is 4.65. The van der Waals surface area contributed by atoms with E-state index in [1.54, 1.807) is 4.90 Å². The van der Waals surface area contributed by atoms with E-state index in [-0.39, 0.29) is 23.9 Å². The maximum atomic E-state index is 11.5. The van der Waals surface area contributed by atoms with Crippen LogP contribution in [0.25, 0.3) is 0 Å². The molecule has 3 nitrogen and oxygen atoms in total. The highest BCUT2D eigenvalue weighted by atomic mass is 16.2. The molecule has 0 rings (SSSR count). The number of hydrogen-bond acceptors (Lipinski definition) is 2. The van der Waals surface area contributed by atoms with Crippen molar-refractivity contribution in [3.05, 3.63) is 0 Å². The smallest absolute Gasteiger partial charge is 0.237 e. The molecule has 0 saturated carbocycles. The van der Waals surface area contributed by atoms with Crippen LogP contribution in [-0.2, 0) is 4.79 Å². The first-order valence-electron chi connectivity index (χ1n) is 4.49. The third kappa shape index (κ3) is 3.45. The summed E-state index contributed by atoms with van der Waals surface area (Å²) in [4.78, 5) is 13.3. The van der Waals surface area contributed by atoms with Crippen molar-refractivity contribution < 1.29 is 4.79 Å². The van der Waals surface area contributed by atoms with E-state index in [2.05, 4.69) is 0 Å². The molecule has 0 heterocycles. The van der Waals surface area contributed by atoms with Gasteiger partial charge in [-0.05, 0) is 34.6 Å². The van der Waals surface area contributed by atoms with Crippen LogP contribution in [-0.4, -0.2) is 22.4 Å². The van der Waals surface area contributed by atoms with Gasteiger partial charge in [-0.15, -0.1) is 0 Å². The van der Waals surface area contributed by atoms with Gasteiger partial charge < -0.3 is 4.90 Å². The van der Waals surface area contributed by atoms with Gasteiger partial charge in [-0.2, -0.15) is 5.26 Å². The zero-order chi connectivity index (χ0) is 10.6. The van der Waals surface area contributed by atoms with E-state index in [4.69, 9.17) is 5.26 Å². The molecule has 0 fully saturated rings. The molecule has 0 aromatic heterocycles. The maximum absolute atomic E-state index is 11.5. The number of carbonyl (C=O) groups excluding carboxylic acids is 1. The van der Waals surface area contributed by atoms with Crippen LogP contribution < -0.4 is 0 Å². The molecule has 0 aliphatic rings. The quantitative estimate of drug-likeness (QED) is 0.655. The summed E-state index contributed by atoms with van der Waals surface area (Å²) in [6.07, 6.45) is -0.0323. The van der Waals surface area contributed by atoms with Crippen molar-refractivity contribution in [3.63, 3.8) is 0 Å². The highest BCUT2D eigenvalue weighted by molar-refractivity contribution is 5.79. The summed E-state index contributed by atoms with van der Waals surface area (Å²) in [6.45, 7) is 9.84. The Morgan fingerprint density at radius 1 is 1.46 bits per heavy atom. The molecule has 0 unspecified atom stereocenters. The molecule has 13 heavy (non-hydrogen) atoms. The molecule has 0 spiro atoms. The molecule has 0 radical (unpaired) electrons. The molecule has 0 bridgehead atoms. The lowest BCUT2D eigenvalue weighted by atomic mass is 10.0. The van der Waals surface area contributed by atoms with Crippen LogP contribution in [0.3, 0.4) is 0 Å². The van der Waals surface area contributed by atoms with Gasteiger partial charge in [-0.1, -0.05) is 0 Å². The lowest BCUT2D eigenvalue weighted by molar-refractivity contribution is -0.137. The van der Waals surface area contributed by atoms with E-state index >= 15 is 0 Å². The Labute approximate surface area is 80.3 Å². The Kier molecular flexibility index (Phi) is 3.93. The molecule has 3 heteroatoms. The number of carbonyl (C=O) groups is 1. The van der Waals surface area contributed by atoms with Crippen LogP contribution in [0, 0.1) is 11.3 Å². The second-order valence-corrected chi connectivity index (χ2v) is 4.36. The molecule has 1 amide bonds. The highest BCUT2D eigenvalue weighted by Crippen LogP contribution is 2.17. The summed E-state index contributed by atoms with van der Waals surface area (Å²) in [5, 5.41) is 8.44. The van der Waals surface area contributed by atoms with E-state index < -0.39 is 0 Å². The van der Waals surface area contributed by atoms with Crippen LogP contribution in [0.5, 0.6) is 0 Å². The Morgan fingerprint density at radius 3 is 2.15 bits per heavy atom. The normalized spacial score (nSPS) is 11.2. The molecule has 0 N–H and O–H groups in total. The number of nitrogens with zero attached hydrogens (tertiary/aromatic N) is 2. The summed E-state index contributed by atoms with van der Waals surface area (Å²) < 4.78 is 0. The topological polar surface area (TPSA) is 44.1 Å². The zero-order valence-electron chi connectivity index (χ0n) is 9.09. The largest absolute Gasteiger partial charge is 0.335 e. The fourth-order valence-electron chi connectivity index (χ4n) is 1.59. The highest BCUT2D eigenvalue weighted by Gasteiger charge is 2.28. The lowest BCUT2D eigenvalue weighted by Gasteiger charge is -2.38. The van der Waals surface area contributed by atoms with Crippen molar-refractivity contribution in [2.75, 3.05) is 0 Å². The van der Waals surface area contributed by atoms with Crippen molar-refractivity contribution in [2.24, 2.45) is 0 Å². The van der Waals surface area contributed by atoms with Crippen molar-refractivity contribution in [1.82, 2.24) is 4.90 Å². The predicted molar refractivity (Wildman–Crippen MR) is 52.0 cm³/mol. The first-order chi connectivity index (χ1) is 5.80. The first-order valence-corrected chi connectivity index (χ1v) is 4.49. The molecule has 74 valence electrons. The van der Waals surface area contributed by atoms with Gasteiger partial charge in [-0.3, -0.25) is 4.79 Å². The first kappa shape index (κ1) is 12.0. The van der Waals surface area contributed by atoms with Gasteiger partial charge in [0.05, 0.1) is 6.07 Å². The second kappa shape index (κ2) is 4.27. The van der Waals surface area contributed by atoms with Crippen LogP contribution >= 0.6 is 0 Å². The number of nitriles is 1. The Morgan fingerprint density at radius 2 is 1.92 bits per heavy atom. The minimum Gasteiger partial charge on any atom is -0.335 e. The fraction of sp³-hybridized carbons (Fsp3) is 0.800.